The SMILES string of the molecule is CCCCCCCCCC(CCCF)OC(Cl)Cl. The maximum atomic E-state index is 12.1. The molecule has 4 heteroatoms. The van der Waals surface area contributed by atoms with Gasteiger partial charge >= 0.3 is 0 Å². The van der Waals surface area contributed by atoms with Crippen LogP contribution < -0.4 is 0 Å². The molecule has 0 bridgehead atoms. The van der Waals surface area contributed by atoms with Gasteiger partial charge in [0, 0.05) is 0 Å². The molecule has 0 N–H and O–H groups in total. The van der Waals surface area contributed by atoms with Crippen LogP contribution in [0.15, 0.2) is 0 Å². The van der Waals surface area contributed by atoms with Crippen molar-refractivity contribution in [1.29, 1.82) is 0 Å². The van der Waals surface area contributed by atoms with Crippen molar-refractivity contribution in [2.75, 3.05) is 6.67 Å². The monoisotopic (exact) mass is 300 g/mol. The summed E-state index contributed by atoms with van der Waals surface area (Å²) in [5, 5.41) is -0.792. The quantitative estimate of drug-likeness (QED) is 0.298. The minimum absolute atomic E-state index is 0.0105. The topological polar surface area (TPSA) is 9.23 Å². The van der Waals surface area contributed by atoms with Crippen LogP contribution >= 0.6 is 23.2 Å². The van der Waals surface area contributed by atoms with Gasteiger partial charge in [0.25, 0.3) is 0 Å². The lowest BCUT2D eigenvalue weighted by Gasteiger charge is -2.17. The lowest BCUT2D eigenvalue weighted by molar-refractivity contribution is 0.0503. The van der Waals surface area contributed by atoms with Crippen molar-refractivity contribution in [3.63, 3.8) is 0 Å². The average Bonchev–Trinajstić information content (AvgIpc) is 2.34. The Kier molecular flexibility index (Phi) is 14.3. The molecule has 1 nitrogen and oxygen atoms in total. The van der Waals surface area contributed by atoms with Gasteiger partial charge in [0.05, 0.1) is 12.8 Å². The van der Waals surface area contributed by atoms with Crippen molar-refractivity contribution in [2.45, 2.75) is 82.3 Å². The minimum atomic E-state index is -0.792. The molecule has 110 valence electrons. The molecule has 0 saturated carbocycles. The molecule has 0 aliphatic heterocycles. The Morgan fingerprint density at radius 3 is 2.00 bits per heavy atom. The van der Waals surface area contributed by atoms with E-state index in [4.69, 9.17) is 27.9 Å². The summed E-state index contributed by atoms with van der Waals surface area (Å²) in [6, 6.07) is 0. The van der Waals surface area contributed by atoms with Gasteiger partial charge in [-0.15, -0.1) is 0 Å². The molecule has 0 aliphatic rings. The van der Waals surface area contributed by atoms with Gasteiger partial charge < -0.3 is 4.74 Å². The largest absolute Gasteiger partial charge is 0.346 e. The second-order valence-electron chi connectivity index (χ2n) is 4.76. The van der Waals surface area contributed by atoms with E-state index >= 15 is 0 Å². The molecule has 0 fully saturated rings. The third kappa shape index (κ3) is 12.9. The second-order valence-corrected chi connectivity index (χ2v) is 5.78. The third-order valence-electron chi connectivity index (χ3n) is 3.08. The first-order valence-corrected chi connectivity index (χ1v) is 8.07. The van der Waals surface area contributed by atoms with Crippen molar-refractivity contribution in [2.24, 2.45) is 0 Å². The summed E-state index contributed by atoms with van der Waals surface area (Å²) >= 11 is 11.2. The van der Waals surface area contributed by atoms with E-state index in [9.17, 15) is 4.39 Å². The van der Waals surface area contributed by atoms with E-state index in [1.165, 1.54) is 38.5 Å². The number of halogens is 3. The molecule has 0 aliphatic carbocycles. The maximum Gasteiger partial charge on any atom is 0.206 e. The summed E-state index contributed by atoms with van der Waals surface area (Å²) in [4.78, 5) is 0. The Labute approximate surface area is 121 Å². The fraction of sp³-hybridized carbons (Fsp3) is 1.00. The zero-order valence-electron chi connectivity index (χ0n) is 11.5. The van der Waals surface area contributed by atoms with Crippen LogP contribution in [0.25, 0.3) is 0 Å². The lowest BCUT2D eigenvalue weighted by atomic mass is 10.0. The highest BCUT2D eigenvalue weighted by Crippen LogP contribution is 2.18. The van der Waals surface area contributed by atoms with E-state index in [0.717, 1.165) is 12.8 Å². The predicted molar refractivity (Wildman–Crippen MR) is 78.2 cm³/mol. The van der Waals surface area contributed by atoms with Crippen LogP contribution in [0.1, 0.15) is 71.1 Å². The van der Waals surface area contributed by atoms with E-state index in [2.05, 4.69) is 6.92 Å². The fourth-order valence-electron chi connectivity index (χ4n) is 2.06. The molecule has 0 radical (unpaired) electrons. The highest BCUT2D eigenvalue weighted by Gasteiger charge is 2.12. The van der Waals surface area contributed by atoms with Gasteiger partial charge in [-0.2, -0.15) is 0 Å². The van der Waals surface area contributed by atoms with Gasteiger partial charge in [-0.05, 0) is 19.3 Å². The lowest BCUT2D eigenvalue weighted by Crippen LogP contribution is -2.15. The molecular formula is C14H27Cl2FO. The molecule has 1 unspecified atom stereocenters. The maximum absolute atomic E-state index is 12.1. The molecule has 18 heavy (non-hydrogen) atoms. The normalized spacial score (nSPS) is 13.2. The highest BCUT2D eigenvalue weighted by atomic mass is 35.5. The van der Waals surface area contributed by atoms with Gasteiger partial charge in [-0.25, -0.2) is 0 Å². The number of ether oxygens (including phenoxy) is 1. The first-order valence-electron chi connectivity index (χ1n) is 7.20. The van der Waals surface area contributed by atoms with Crippen molar-refractivity contribution < 1.29 is 9.13 Å². The molecule has 0 heterocycles. The van der Waals surface area contributed by atoms with Crippen LogP contribution in [0.4, 0.5) is 4.39 Å². The summed E-state index contributed by atoms with van der Waals surface area (Å²) in [5.74, 6) is 0. The number of rotatable bonds is 13. The Morgan fingerprint density at radius 1 is 0.889 bits per heavy atom. The number of hydrogen-bond acceptors (Lipinski definition) is 1. The van der Waals surface area contributed by atoms with Crippen LogP contribution in [0.3, 0.4) is 0 Å². The van der Waals surface area contributed by atoms with E-state index in [1.807, 2.05) is 0 Å². The molecule has 0 rings (SSSR count). The van der Waals surface area contributed by atoms with Crippen LogP contribution in [0, 0.1) is 0 Å². The summed E-state index contributed by atoms with van der Waals surface area (Å²) < 4.78 is 17.5. The zero-order valence-corrected chi connectivity index (χ0v) is 13.0. The molecule has 0 amide bonds. The molecular weight excluding hydrogens is 274 g/mol. The van der Waals surface area contributed by atoms with Crippen LogP contribution in [0.2, 0.25) is 0 Å². The minimum Gasteiger partial charge on any atom is -0.346 e. The molecule has 0 aromatic carbocycles. The standard InChI is InChI=1S/C14H27Cl2FO/c1-2-3-4-5-6-7-8-10-13(11-9-12-17)18-14(15)16/h13-14H,2-12H2,1H3. The van der Waals surface area contributed by atoms with Crippen molar-refractivity contribution in [3.05, 3.63) is 0 Å². The van der Waals surface area contributed by atoms with E-state index in [1.54, 1.807) is 0 Å². The number of unbranched alkanes of at least 4 members (excludes halogenated alkanes) is 6. The second kappa shape index (κ2) is 13.9. The van der Waals surface area contributed by atoms with Crippen LogP contribution in [0.5, 0.6) is 0 Å². The van der Waals surface area contributed by atoms with Crippen molar-refractivity contribution in [3.8, 4) is 0 Å². The van der Waals surface area contributed by atoms with Gasteiger partial charge in [-0.1, -0.05) is 75.1 Å². The average molecular weight is 301 g/mol. The molecule has 0 aromatic heterocycles. The van der Waals surface area contributed by atoms with Gasteiger partial charge in [0.15, 0.2) is 0 Å². The van der Waals surface area contributed by atoms with Crippen molar-refractivity contribution >= 4 is 23.2 Å². The molecule has 0 spiro atoms. The van der Waals surface area contributed by atoms with E-state index in [-0.39, 0.29) is 12.8 Å². The molecule has 1 atom stereocenters. The number of alkyl halides is 3. The first-order chi connectivity index (χ1) is 8.70. The Balaban J connectivity index is 3.49. The van der Waals surface area contributed by atoms with Gasteiger partial charge in [0.1, 0.15) is 0 Å². The smallest absolute Gasteiger partial charge is 0.206 e. The fourth-order valence-corrected chi connectivity index (χ4v) is 2.35. The summed E-state index contributed by atoms with van der Waals surface area (Å²) in [6.07, 6.45) is 11.1. The number of hydrogen-bond donors (Lipinski definition) is 0. The third-order valence-corrected chi connectivity index (χ3v) is 3.29. The predicted octanol–water partition coefficient (Wildman–Crippen LogP) is 6.02. The zero-order chi connectivity index (χ0) is 13.6. The molecule has 0 saturated heterocycles. The van der Waals surface area contributed by atoms with E-state index in [0.29, 0.717) is 12.8 Å². The summed E-state index contributed by atoms with van der Waals surface area (Å²) in [6.45, 7) is 1.92. The Hall–Kier alpha value is 0.470. The molecule has 0 aromatic rings. The van der Waals surface area contributed by atoms with Crippen LogP contribution in [-0.2, 0) is 4.74 Å². The van der Waals surface area contributed by atoms with E-state index < -0.39 is 5.02 Å². The summed E-state index contributed by atoms with van der Waals surface area (Å²) in [5.41, 5.74) is 0. The highest BCUT2D eigenvalue weighted by molar-refractivity contribution is 6.43. The van der Waals surface area contributed by atoms with Gasteiger partial charge in [0.2, 0.25) is 5.02 Å². The summed E-state index contributed by atoms with van der Waals surface area (Å²) in [7, 11) is 0. The van der Waals surface area contributed by atoms with Crippen molar-refractivity contribution in [1.82, 2.24) is 0 Å². The Morgan fingerprint density at radius 2 is 1.44 bits per heavy atom. The first kappa shape index (κ1) is 18.5. The van der Waals surface area contributed by atoms with Crippen LogP contribution in [-0.4, -0.2) is 17.8 Å². The Bertz CT molecular complexity index is 168. The van der Waals surface area contributed by atoms with Gasteiger partial charge in [-0.3, -0.25) is 4.39 Å².